The monoisotopic (exact) mass is 363 g/mol. The first-order chi connectivity index (χ1) is 8.06. The van der Waals surface area contributed by atoms with Gasteiger partial charge < -0.3 is 10.4 Å². The quantitative estimate of drug-likeness (QED) is 0.639. The van der Waals surface area contributed by atoms with E-state index in [1.54, 1.807) is 17.5 Å². The predicted molar refractivity (Wildman–Crippen MR) is 73.2 cm³/mol. The van der Waals surface area contributed by atoms with Gasteiger partial charge in [0, 0.05) is 11.4 Å². The zero-order valence-corrected chi connectivity index (χ0v) is 11.7. The highest BCUT2D eigenvalue weighted by Crippen LogP contribution is 2.20. The second-order valence-electron chi connectivity index (χ2n) is 3.78. The molecule has 17 heavy (non-hydrogen) atoms. The van der Waals surface area contributed by atoms with Crippen LogP contribution >= 0.6 is 33.9 Å². The van der Waals surface area contributed by atoms with Gasteiger partial charge in [-0.25, -0.2) is 0 Å². The van der Waals surface area contributed by atoms with Gasteiger partial charge in [0.15, 0.2) is 0 Å². The van der Waals surface area contributed by atoms with Crippen molar-refractivity contribution in [1.82, 2.24) is 5.32 Å². The van der Waals surface area contributed by atoms with Gasteiger partial charge in [-0.05, 0) is 35.1 Å². The number of amides is 1. The van der Waals surface area contributed by atoms with Crippen LogP contribution in [0.5, 0.6) is 0 Å². The maximum Gasteiger partial charge on any atom is 0.310 e. The highest BCUT2D eigenvalue weighted by atomic mass is 127. The van der Waals surface area contributed by atoms with Gasteiger partial charge in [-0.3, -0.25) is 9.59 Å². The molecule has 90 valence electrons. The molecule has 1 aliphatic carbocycles. The molecule has 2 N–H and O–H groups in total. The van der Waals surface area contributed by atoms with Gasteiger partial charge in [-0.15, -0.1) is 11.3 Å². The Labute approximate surface area is 116 Å². The van der Waals surface area contributed by atoms with Crippen molar-refractivity contribution in [3.05, 3.63) is 32.0 Å². The normalized spacial score (nSPS) is 22.6. The smallest absolute Gasteiger partial charge is 0.310 e. The third-order valence-corrected chi connectivity index (χ3v) is 4.34. The van der Waals surface area contributed by atoms with E-state index < -0.39 is 11.9 Å². The maximum absolute atomic E-state index is 11.8. The average Bonchev–Trinajstić information content (AvgIpc) is 2.86. The largest absolute Gasteiger partial charge is 0.481 e. The molecule has 2 rings (SSSR count). The number of carboxylic acids is 1. The summed E-state index contributed by atoms with van der Waals surface area (Å²) in [4.78, 5) is 22.5. The summed E-state index contributed by atoms with van der Waals surface area (Å²) in [5, 5.41) is 13.4. The molecule has 1 amide bonds. The van der Waals surface area contributed by atoms with Crippen LogP contribution in [0.4, 0.5) is 0 Å². The number of hydrogen-bond donors (Lipinski definition) is 2. The van der Waals surface area contributed by atoms with Crippen LogP contribution in [-0.2, 0) is 4.79 Å². The van der Waals surface area contributed by atoms with Gasteiger partial charge >= 0.3 is 5.97 Å². The Hall–Kier alpha value is -0.890. The number of aliphatic carboxylic acids is 1. The van der Waals surface area contributed by atoms with Crippen LogP contribution in [0.1, 0.15) is 16.8 Å². The van der Waals surface area contributed by atoms with Crippen molar-refractivity contribution in [2.75, 3.05) is 0 Å². The average molecular weight is 363 g/mol. The zero-order chi connectivity index (χ0) is 12.4. The van der Waals surface area contributed by atoms with Crippen LogP contribution in [0.25, 0.3) is 0 Å². The Morgan fingerprint density at radius 1 is 1.47 bits per heavy atom. The Bertz CT molecular complexity index is 483. The van der Waals surface area contributed by atoms with Gasteiger partial charge in [0.05, 0.1) is 14.4 Å². The van der Waals surface area contributed by atoms with Gasteiger partial charge in [0.25, 0.3) is 5.91 Å². The van der Waals surface area contributed by atoms with E-state index in [0.717, 1.165) is 2.88 Å². The number of carboxylic acid groups (broad SMARTS) is 1. The third-order valence-electron chi connectivity index (χ3n) is 2.55. The molecule has 1 aromatic rings. The summed E-state index contributed by atoms with van der Waals surface area (Å²) in [6, 6.07) is 1.63. The molecule has 0 aromatic carbocycles. The molecular weight excluding hydrogens is 353 g/mol. The van der Waals surface area contributed by atoms with Crippen molar-refractivity contribution in [3.63, 3.8) is 0 Å². The SMILES string of the molecule is O=C(NC1C=CC(C(=O)O)C1)c1csc(I)c1. The van der Waals surface area contributed by atoms with E-state index in [1.165, 1.54) is 11.3 Å². The standard InChI is InChI=1S/C11H10INO3S/c12-9-4-7(5-17-9)10(14)13-8-2-1-6(3-8)11(15)16/h1-2,4-6,8H,3H2,(H,13,14)(H,15,16). The van der Waals surface area contributed by atoms with E-state index in [1.807, 2.05) is 6.07 Å². The molecule has 2 unspecified atom stereocenters. The molecule has 0 fully saturated rings. The first-order valence-corrected chi connectivity index (χ1v) is 6.98. The number of hydrogen-bond acceptors (Lipinski definition) is 3. The number of nitrogens with one attached hydrogen (secondary N) is 1. The van der Waals surface area contributed by atoms with Crippen molar-refractivity contribution in [1.29, 1.82) is 0 Å². The molecule has 0 aliphatic heterocycles. The van der Waals surface area contributed by atoms with Crippen LogP contribution in [0.15, 0.2) is 23.6 Å². The third kappa shape index (κ3) is 3.06. The molecular formula is C11H10INO3S. The second kappa shape index (κ2) is 5.18. The molecule has 1 aromatic heterocycles. The van der Waals surface area contributed by atoms with Gasteiger partial charge in [0.1, 0.15) is 0 Å². The van der Waals surface area contributed by atoms with Crippen molar-refractivity contribution >= 4 is 45.8 Å². The second-order valence-corrected chi connectivity index (χ2v) is 6.59. The Morgan fingerprint density at radius 2 is 2.24 bits per heavy atom. The molecule has 1 aliphatic rings. The highest BCUT2D eigenvalue weighted by Gasteiger charge is 2.25. The number of carbonyl (C=O) groups excluding carboxylic acids is 1. The summed E-state index contributed by atoms with van der Waals surface area (Å²) in [5.41, 5.74) is 0.631. The van der Waals surface area contributed by atoms with Gasteiger partial charge in [0.2, 0.25) is 0 Å². The molecule has 0 radical (unpaired) electrons. The minimum absolute atomic E-state index is 0.148. The molecule has 4 nitrogen and oxygen atoms in total. The maximum atomic E-state index is 11.8. The molecule has 0 saturated heterocycles. The fourth-order valence-corrected chi connectivity index (χ4v) is 3.00. The number of carbonyl (C=O) groups is 2. The minimum Gasteiger partial charge on any atom is -0.481 e. The molecule has 0 spiro atoms. The lowest BCUT2D eigenvalue weighted by Crippen LogP contribution is -2.33. The predicted octanol–water partition coefficient (Wildman–Crippen LogP) is 2.11. The van der Waals surface area contributed by atoms with E-state index in [2.05, 4.69) is 27.9 Å². The van der Waals surface area contributed by atoms with E-state index >= 15 is 0 Å². The summed E-state index contributed by atoms with van der Waals surface area (Å²) >= 11 is 3.67. The first kappa shape index (κ1) is 12.6. The summed E-state index contributed by atoms with van der Waals surface area (Å²) in [6.45, 7) is 0. The summed E-state index contributed by atoms with van der Waals surface area (Å²) < 4.78 is 1.05. The lowest BCUT2D eigenvalue weighted by atomic mass is 10.1. The number of rotatable bonds is 3. The van der Waals surface area contributed by atoms with Crippen molar-refractivity contribution < 1.29 is 14.7 Å². The summed E-state index contributed by atoms with van der Waals surface area (Å²) in [6.07, 6.45) is 3.81. The molecule has 1 heterocycles. The van der Waals surface area contributed by atoms with Crippen molar-refractivity contribution in [2.45, 2.75) is 12.5 Å². The lowest BCUT2D eigenvalue weighted by Gasteiger charge is -2.11. The molecule has 6 heteroatoms. The van der Waals surface area contributed by atoms with Crippen LogP contribution in [-0.4, -0.2) is 23.0 Å². The van der Waals surface area contributed by atoms with Crippen LogP contribution in [0, 0.1) is 8.80 Å². The minimum atomic E-state index is -0.844. The van der Waals surface area contributed by atoms with E-state index in [9.17, 15) is 9.59 Å². The molecule has 0 saturated carbocycles. The van der Waals surface area contributed by atoms with Crippen LogP contribution in [0.3, 0.4) is 0 Å². The van der Waals surface area contributed by atoms with E-state index in [4.69, 9.17) is 5.11 Å². The van der Waals surface area contributed by atoms with Crippen LogP contribution < -0.4 is 5.32 Å². The Balaban J connectivity index is 1.93. The fraction of sp³-hybridized carbons (Fsp3) is 0.273. The summed E-state index contributed by atoms with van der Waals surface area (Å²) in [7, 11) is 0. The number of thiophene rings is 1. The highest BCUT2D eigenvalue weighted by molar-refractivity contribution is 14.1. The fourth-order valence-electron chi connectivity index (χ4n) is 1.67. The van der Waals surface area contributed by atoms with E-state index in [0.29, 0.717) is 12.0 Å². The lowest BCUT2D eigenvalue weighted by molar-refractivity contribution is -0.140. The molecule has 2 atom stereocenters. The van der Waals surface area contributed by atoms with Crippen molar-refractivity contribution in [2.24, 2.45) is 5.92 Å². The number of halogens is 1. The van der Waals surface area contributed by atoms with Gasteiger partial charge in [-0.2, -0.15) is 0 Å². The van der Waals surface area contributed by atoms with E-state index in [-0.39, 0.29) is 11.9 Å². The Kier molecular flexibility index (Phi) is 3.82. The first-order valence-electron chi connectivity index (χ1n) is 5.02. The molecule has 0 bridgehead atoms. The van der Waals surface area contributed by atoms with Crippen LogP contribution in [0.2, 0.25) is 0 Å². The topological polar surface area (TPSA) is 66.4 Å². The summed E-state index contributed by atoms with van der Waals surface area (Å²) in [5.74, 6) is -1.48. The Morgan fingerprint density at radius 3 is 2.76 bits per heavy atom. The van der Waals surface area contributed by atoms with Crippen molar-refractivity contribution in [3.8, 4) is 0 Å². The zero-order valence-electron chi connectivity index (χ0n) is 8.72. The van der Waals surface area contributed by atoms with Gasteiger partial charge in [-0.1, -0.05) is 12.2 Å².